The summed E-state index contributed by atoms with van der Waals surface area (Å²) in [4.78, 5) is 15.0. The number of carboxylic acids is 1. The summed E-state index contributed by atoms with van der Waals surface area (Å²) >= 11 is 0. The molecule has 0 fully saturated rings. The SMILES string of the molecule is CC(Nc1nccc(C(=O)O)c1N)c1ccccc1F. The lowest BCUT2D eigenvalue weighted by atomic mass is 10.1. The fourth-order valence-electron chi connectivity index (χ4n) is 1.88. The molecule has 20 heavy (non-hydrogen) atoms. The van der Waals surface area contributed by atoms with Crippen LogP contribution >= 0.6 is 0 Å². The number of anilines is 2. The Kier molecular flexibility index (Phi) is 3.84. The first-order chi connectivity index (χ1) is 9.50. The van der Waals surface area contributed by atoms with Crippen LogP contribution < -0.4 is 11.1 Å². The summed E-state index contributed by atoms with van der Waals surface area (Å²) in [5, 5.41) is 11.9. The summed E-state index contributed by atoms with van der Waals surface area (Å²) in [5.74, 6) is -1.26. The van der Waals surface area contributed by atoms with Crippen LogP contribution in [0.4, 0.5) is 15.9 Å². The number of pyridine rings is 1. The normalized spacial score (nSPS) is 11.9. The van der Waals surface area contributed by atoms with E-state index >= 15 is 0 Å². The van der Waals surface area contributed by atoms with Crippen LogP contribution in [0.5, 0.6) is 0 Å². The Hall–Kier alpha value is -2.63. The molecule has 1 aromatic heterocycles. The first-order valence-electron chi connectivity index (χ1n) is 5.99. The molecule has 6 heteroatoms. The Morgan fingerprint density at radius 3 is 2.75 bits per heavy atom. The van der Waals surface area contributed by atoms with Crippen LogP contribution in [0, 0.1) is 5.82 Å². The standard InChI is InChI=1S/C14H14FN3O2/c1-8(9-4-2-3-5-11(9)15)18-13-12(16)10(14(19)20)6-7-17-13/h2-8H,16H2,1H3,(H,17,18)(H,19,20). The van der Waals surface area contributed by atoms with Crippen molar-refractivity contribution in [2.24, 2.45) is 0 Å². The highest BCUT2D eigenvalue weighted by atomic mass is 19.1. The van der Waals surface area contributed by atoms with Gasteiger partial charge in [-0.1, -0.05) is 18.2 Å². The predicted molar refractivity (Wildman–Crippen MR) is 74.0 cm³/mol. The largest absolute Gasteiger partial charge is 0.478 e. The molecule has 0 amide bonds. The van der Waals surface area contributed by atoms with E-state index in [-0.39, 0.29) is 22.9 Å². The molecule has 1 unspecified atom stereocenters. The lowest BCUT2D eigenvalue weighted by molar-refractivity contribution is 0.0698. The van der Waals surface area contributed by atoms with E-state index in [2.05, 4.69) is 10.3 Å². The molecule has 1 atom stereocenters. The summed E-state index contributed by atoms with van der Waals surface area (Å²) in [7, 11) is 0. The average molecular weight is 275 g/mol. The summed E-state index contributed by atoms with van der Waals surface area (Å²) in [6, 6.07) is 7.25. The Balaban J connectivity index is 2.29. The number of nitrogens with zero attached hydrogens (tertiary/aromatic N) is 1. The van der Waals surface area contributed by atoms with Crippen LogP contribution in [0.15, 0.2) is 36.5 Å². The van der Waals surface area contributed by atoms with E-state index in [0.29, 0.717) is 5.56 Å². The number of hydrogen-bond donors (Lipinski definition) is 3. The van der Waals surface area contributed by atoms with Crippen molar-refractivity contribution in [1.29, 1.82) is 0 Å². The number of benzene rings is 1. The third kappa shape index (κ3) is 2.69. The van der Waals surface area contributed by atoms with E-state index in [1.54, 1.807) is 25.1 Å². The predicted octanol–water partition coefficient (Wildman–Crippen LogP) is 2.67. The summed E-state index contributed by atoms with van der Waals surface area (Å²) in [6.07, 6.45) is 1.34. The maximum atomic E-state index is 13.7. The van der Waals surface area contributed by atoms with Crippen molar-refractivity contribution in [1.82, 2.24) is 4.98 Å². The second-order valence-electron chi connectivity index (χ2n) is 4.31. The van der Waals surface area contributed by atoms with E-state index in [9.17, 15) is 9.18 Å². The lowest BCUT2D eigenvalue weighted by Crippen LogP contribution is -2.13. The zero-order valence-electron chi connectivity index (χ0n) is 10.8. The van der Waals surface area contributed by atoms with Gasteiger partial charge in [0.1, 0.15) is 5.82 Å². The van der Waals surface area contributed by atoms with Crippen molar-refractivity contribution in [2.45, 2.75) is 13.0 Å². The van der Waals surface area contributed by atoms with Crippen LogP contribution in [-0.4, -0.2) is 16.1 Å². The fraction of sp³-hybridized carbons (Fsp3) is 0.143. The summed E-state index contributed by atoms with van der Waals surface area (Å²) in [5.41, 5.74) is 6.19. The molecule has 4 N–H and O–H groups in total. The molecule has 1 aromatic carbocycles. The van der Waals surface area contributed by atoms with Gasteiger partial charge in [-0.05, 0) is 19.1 Å². The van der Waals surface area contributed by atoms with Crippen LogP contribution in [0.1, 0.15) is 28.9 Å². The number of nitrogens with two attached hydrogens (primary N) is 1. The Bertz CT molecular complexity index is 646. The van der Waals surface area contributed by atoms with Crippen molar-refractivity contribution in [2.75, 3.05) is 11.1 Å². The van der Waals surface area contributed by atoms with Gasteiger partial charge in [0.2, 0.25) is 0 Å². The van der Waals surface area contributed by atoms with Crippen molar-refractivity contribution < 1.29 is 14.3 Å². The van der Waals surface area contributed by atoms with Gasteiger partial charge in [0, 0.05) is 11.8 Å². The molecule has 1 heterocycles. The lowest BCUT2D eigenvalue weighted by Gasteiger charge is -2.17. The highest BCUT2D eigenvalue weighted by molar-refractivity contribution is 5.96. The topological polar surface area (TPSA) is 88.2 Å². The Labute approximate surface area is 115 Å². The number of hydrogen-bond acceptors (Lipinski definition) is 4. The van der Waals surface area contributed by atoms with Crippen molar-refractivity contribution in [3.63, 3.8) is 0 Å². The molecule has 104 valence electrons. The summed E-state index contributed by atoms with van der Waals surface area (Å²) < 4.78 is 13.7. The van der Waals surface area contributed by atoms with Gasteiger partial charge in [0.15, 0.2) is 5.82 Å². The van der Waals surface area contributed by atoms with Gasteiger partial charge >= 0.3 is 5.97 Å². The van der Waals surface area contributed by atoms with E-state index in [0.717, 1.165) is 0 Å². The maximum Gasteiger partial charge on any atom is 0.337 e. The number of carboxylic acid groups (broad SMARTS) is 1. The molecule has 0 aliphatic carbocycles. The zero-order chi connectivity index (χ0) is 14.7. The molecule has 0 aliphatic rings. The summed E-state index contributed by atoms with van der Waals surface area (Å²) in [6.45, 7) is 1.74. The van der Waals surface area contributed by atoms with E-state index in [1.807, 2.05) is 0 Å². The molecule has 0 spiro atoms. The molecule has 0 aliphatic heterocycles. The van der Waals surface area contributed by atoms with Gasteiger partial charge in [0.25, 0.3) is 0 Å². The number of aromatic carboxylic acids is 1. The molecule has 0 saturated carbocycles. The van der Waals surface area contributed by atoms with E-state index in [4.69, 9.17) is 10.8 Å². The minimum absolute atomic E-state index is 0.0307. The van der Waals surface area contributed by atoms with Gasteiger partial charge in [-0.25, -0.2) is 14.2 Å². The van der Waals surface area contributed by atoms with Gasteiger partial charge in [-0.3, -0.25) is 0 Å². The van der Waals surface area contributed by atoms with Gasteiger partial charge < -0.3 is 16.2 Å². The molecular weight excluding hydrogens is 261 g/mol. The minimum Gasteiger partial charge on any atom is -0.478 e. The quantitative estimate of drug-likeness (QED) is 0.798. The van der Waals surface area contributed by atoms with E-state index < -0.39 is 12.0 Å². The fourth-order valence-corrected chi connectivity index (χ4v) is 1.88. The average Bonchev–Trinajstić information content (AvgIpc) is 2.41. The van der Waals surface area contributed by atoms with Crippen LogP contribution in [0.2, 0.25) is 0 Å². The van der Waals surface area contributed by atoms with Gasteiger partial charge in [-0.2, -0.15) is 0 Å². The van der Waals surface area contributed by atoms with Crippen LogP contribution in [0.25, 0.3) is 0 Å². The Morgan fingerprint density at radius 2 is 2.10 bits per heavy atom. The first-order valence-corrected chi connectivity index (χ1v) is 5.99. The third-order valence-electron chi connectivity index (χ3n) is 2.95. The molecule has 2 rings (SSSR count). The number of nitrogen functional groups attached to an aromatic ring is 1. The van der Waals surface area contributed by atoms with Gasteiger partial charge in [-0.15, -0.1) is 0 Å². The number of halogens is 1. The molecule has 2 aromatic rings. The maximum absolute atomic E-state index is 13.7. The molecule has 0 bridgehead atoms. The first kappa shape index (κ1) is 13.8. The third-order valence-corrected chi connectivity index (χ3v) is 2.95. The highest BCUT2D eigenvalue weighted by Gasteiger charge is 2.16. The zero-order valence-corrected chi connectivity index (χ0v) is 10.8. The molecular formula is C14H14FN3O2. The number of carbonyl (C=O) groups is 1. The molecule has 5 nitrogen and oxygen atoms in total. The molecule has 0 radical (unpaired) electrons. The number of nitrogens with one attached hydrogen (secondary N) is 1. The minimum atomic E-state index is -1.13. The van der Waals surface area contributed by atoms with Crippen LogP contribution in [0.3, 0.4) is 0 Å². The van der Waals surface area contributed by atoms with Crippen molar-refractivity contribution in [3.8, 4) is 0 Å². The van der Waals surface area contributed by atoms with Crippen LogP contribution in [-0.2, 0) is 0 Å². The number of aromatic nitrogens is 1. The monoisotopic (exact) mass is 275 g/mol. The van der Waals surface area contributed by atoms with E-state index in [1.165, 1.54) is 18.3 Å². The van der Waals surface area contributed by atoms with Crippen molar-refractivity contribution >= 4 is 17.5 Å². The highest BCUT2D eigenvalue weighted by Crippen LogP contribution is 2.25. The second kappa shape index (κ2) is 5.56. The second-order valence-corrected chi connectivity index (χ2v) is 4.31. The van der Waals surface area contributed by atoms with Gasteiger partial charge in [0.05, 0.1) is 17.3 Å². The smallest absolute Gasteiger partial charge is 0.337 e. The molecule has 0 saturated heterocycles. The number of rotatable bonds is 4. The van der Waals surface area contributed by atoms with Crippen molar-refractivity contribution in [3.05, 3.63) is 53.5 Å². The Morgan fingerprint density at radius 1 is 1.40 bits per heavy atom.